The van der Waals surface area contributed by atoms with Gasteiger partial charge < -0.3 is 14.4 Å². The van der Waals surface area contributed by atoms with Crippen LogP contribution in [0.1, 0.15) is 58.4 Å². The topological polar surface area (TPSA) is 38.8 Å². The molecule has 3 rings (SSSR count). The van der Waals surface area contributed by atoms with Crippen LogP contribution in [0.15, 0.2) is 30.3 Å². The zero-order chi connectivity index (χ0) is 21.1. The minimum absolute atomic E-state index is 0.0329. The van der Waals surface area contributed by atoms with Crippen molar-refractivity contribution < 1.29 is 14.3 Å². The molecule has 2 aliphatic rings. The van der Waals surface area contributed by atoms with Gasteiger partial charge in [0.1, 0.15) is 5.60 Å². The Kier molecular flexibility index (Phi) is 7.38. The molecule has 1 saturated carbocycles. The van der Waals surface area contributed by atoms with E-state index in [1.807, 2.05) is 43.9 Å². The molecule has 1 heterocycles. The van der Waals surface area contributed by atoms with Crippen LogP contribution < -0.4 is 0 Å². The third kappa shape index (κ3) is 5.98. The number of rotatable bonds is 7. The standard InChI is InChI=1S/C23H33Br2NO3/c1-21(2,3)29-20(27)26-13-10-19(11-14-26)22(17-23(22,24)25)12-7-15-28-16-18-8-5-4-6-9-18/h4-6,8-9,19H,7,10-17H2,1-3H3. The first-order chi connectivity index (χ1) is 13.6. The summed E-state index contributed by atoms with van der Waals surface area (Å²) in [6.45, 7) is 8.77. The second-order valence-electron chi connectivity index (χ2n) is 9.42. The summed E-state index contributed by atoms with van der Waals surface area (Å²) in [7, 11) is 0. The third-order valence-corrected chi connectivity index (χ3v) is 8.23. The maximum absolute atomic E-state index is 12.3. The molecule has 1 amide bonds. The molecule has 4 nitrogen and oxygen atoms in total. The first-order valence-electron chi connectivity index (χ1n) is 10.6. The van der Waals surface area contributed by atoms with E-state index < -0.39 is 5.60 Å². The van der Waals surface area contributed by atoms with E-state index in [-0.39, 0.29) is 14.7 Å². The first-order valence-corrected chi connectivity index (χ1v) is 12.2. The molecule has 6 heteroatoms. The van der Waals surface area contributed by atoms with Crippen molar-refractivity contribution in [3.63, 3.8) is 0 Å². The molecule has 1 unspecified atom stereocenters. The Hall–Kier alpha value is -0.590. The van der Waals surface area contributed by atoms with Gasteiger partial charge in [0.25, 0.3) is 0 Å². The molecular formula is C23H33Br2NO3. The molecule has 1 aliphatic carbocycles. The average Bonchev–Trinajstić information content (AvgIpc) is 3.23. The maximum atomic E-state index is 12.3. The zero-order valence-corrected chi connectivity index (χ0v) is 20.9. The van der Waals surface area contributed by atoms with Crippen molar-refractivity contribution in [1.29, 1.82) is 0 Å². The fraction of sp³-hybridized carbons (Fsp3) is 0.696. The van der Waals surface area contributed by atoms with Crippen molar-refractivity contribution in [2.24, 2.45) is 11.3 Å². The molecule has 1 saturated heterocycles. The first kappa shape index (κ1) is 23.1. The van der Waals surface area contributed by atoms with Crippen molar-refractivity contribution in [3.8, 4) is 0 Å². The summed E-state index contributed by atoms with van der Waals surface area (Å²) < 4.78 is 11.5. The number of hydrogen-bond donors (Lipinski definition) is 0. The Morgan fingerprint density at radius 1 is 1.17 bits per heavy atom. The van der Waals surface area contributed by atoms with Gasteiger partial charge in [-0.25, -0.2) is 4.79 Å². The lowest BCUT2D eigenvalue weighted by molar-refractivity contribution is 0.0142. The number of carbonyl (C=O) groups is 1. The van der Waals surface area contributed by atoms with Crippen molar-refractivity contribution in [2.45, 2.75) is 68.3 Å². The lowest BCUT2D eigenvalue weighted by Crippen LogP contribution is -2.43. The van der Waals surface area contributed by atoms with Gasteiger partial charge in [-0.15, -0.1) is 0 Å². The second-order valence-corrected chi connectivity index (χ2v) is 13.2. The van der Waals surface area contributed by atoms with Crippen LogP contribution in [-0.2, 0) is 16.1 Å². The summed E-state index contributed by atoms with van der Waals surface area (Å²) >= 11 is 7.81. The predicted molar refractivity (Wildman–Crippen MR) is 123 cm³/mol. The predicted octanol–water partition coefficient (Wildman–Crippen LogP) is 6.51. The van der Waals surface area contributed by atoms with Gasteiger partial charge in [0.2, 0.25) is 0 Å². The van der Waals surface area contributed by atoms with E-state index >= 15 is 0 Å². The van der Waals surface area contributed by atoms with E-state index in [2.05, 4.69) is 44.0 Å². The van der Waals surface area contributed by atoms with Gasteiger partial charge in [-0.3, -0.25) is 0 Å². The highest BCUT2D eigenvalue weighted by molar-refractivity contribution is 9.25. The van der Waals surface area contributed by atoms with Crippen LogP contribution in [0.2, 0.25) is 0 Å². The van der Waals surface area contributed by atoms with Gasteiger partial charge in [-0.05, 0) is 64.4 Å². The summed E-state index contributed by atoms with van der Waals surface area (Å²) in [5.74, 6) is 0.606. The molecule has 162 valence electrons. The number of hydrogen-bond acceptors (Lipinski definition) is 3. The number of benzene rings is 1. The highest BCUT2D eigenvalue weighted by Crippen LogP contribution is 2.73. The van der Waals surface area contributed by atoms with Crippen LogP contribution in [0.25, 0.3) is 0 Å². The van der Waals surface area contributed by atoms with E-state index in [1.165, 1.54) is 5.56 Å². The highest BCUT2D eigenvalue weighted by Gasteiger charge is 2.67. The van der Waals surface area contributed by atoms with Gasteiger partial charge in [-0.2, -0.15) is 0 Å². The summed E-state index contributed by atoms with van der Waals surface area (Å²) in [5, 5.41) is 0. The average molecular weight is 531 g/mol. The van der Waals surface area contributed by atoms with Crippen molar-refractivity contribution in [2.75, 3.05) is 19.7 Å². The molecular weight excluding hydrogens is 498 g/mol. The largest absolute Gasteiger partial charge is 0.444 e. The van der Waals surface area contributed by atoms with E-state index in [0.29, 0.717) is 12.5 Å². The summed E-state index contributed by atoms with van der Waals surface area (Å²) in [6.07, 6.45) is 5.20. The molecule has 0 radical (unpaired) electrons. The van der Waals surface area contributed by atoms with Gasteiger partial charge in [-0.1, -0.05) is 62.2 Å². The Morgan fingerprint density at radius 3 is 2.34 bits per heavy atom. The van der Waals surface area contributed by atoms with Crippen LogP contribution in [0.3, 0.4) is 0 Å². The second kappa shape index (κ2) is 9.27. The Balaban J connectivity index is 1.44. The van der Waals surface area contributed by atoms with E-state index in [0.717, 1.165) is 51.8 Å². The quantitative estimate of drug-likeness (QED) is 0.298. The molecule has 1 aliphatic heterocycles. The molecule has 0 N–H and O–H groups in total. The summed E-state index contributed by atoms with van der Waals surface area (Å²) in [4.78, 5) is 14.2. The molecule has 1 aromatic rings. The van der Waals surface area contributed by atoms with Gasteiger partial charge in [0.15, 0.2) is 0 Å². The molecule has 0 spiro atoms. The SMILES string of the molecule is CC(C)(C)OC(=O)N1CCC(C2(CCCOCc3ccccc3)CC2(Br)Br)CC1. The molecule has 29 heavy (non-hydrogen) atoms. The maximum Gasteiger partial charge on any atom is 0.410 e. The lowest BCUT2D eigenvalue weighted by atomic mass is 9.79. The number of nitrogens with zero attached hydrogens (tertiary/aromatic N) is 1. The van der Waals surface area contributed by atoms with Crippen LogP contribution >= 0.6 is 31.9 Å². The van der Waals surface area contributed by atoms with Gasteiger partial charge in [0.05, 0.1) is 9.84 Å². The van der Waals surface area contributed by atoms with E-state index in [4.69, 9.17) is 9.47 Å². The molecule has 0 bridgehead atoms. The number of amides is 1. The molecule has 1 atom stereocenters. The minimum Gasteiger partial charge on any atom is -0.444 e. The van der Waals surface area contributed by atoms with Crippen molar-refractivity contribution >= 4 is 38.0 Å². The lowest BCUT2D eigenvalue weighted by Gasteiger charge is -2.38. The number of ether oxygens (including phenoxy) is 2. The Bertz CT molecular complexity index is 681. The van der Waals surface area contributed by atoms with Crippen molar-refractivity contribution in [3.05, 3.63) is 35.9 Å². The van der Waals surface area contributed by atoms with Crippen LogP contribution in [0, 0.1) is 11.3 Å². The van der Waals surface area contributed by atoms with Crippen LogP contribution in [0.5, 0.6) is 0 Å². The number of likely N-dealkylation sites (tertiary alicyclic amines) is 1. The van der Waals surface area contributed by atoms with Crippen molar-refractivity contribution in [1.82, 2.24) is 4.90 Å². The van der Waals surface area contributed by atoms with Crippen LogP contribution in [0.4, 0.5) is 4.79 Å². The van der Waals surface area contributed by atoms with E-state index in [9.17, 15) is 4.79 Å². The third-order valence-electron chi connectivity index (χ3n) is 6.09. The highest BCUT2D eigenvalue weighted by atomic mass is 79.9. The smallest absolute Gasteiger partial charge is 0.410 e. The Morgan fingerprint density at radius 2 is 1.79 bits per heavy atom. The monoisotopic (exact) mass is 529 g/mol. The Labute approximate surface area is 192 Å². The van der Waals surface area contributed by atoms with Gasteiger partial charge >= 0.3 is 6.09 Å². The van der Waals surface area contributed by atoms with E-state index in [1.54, 1.807) is 0 Å². The number of halogens is 2. The van der Waals surface area contributed by atoms with Crippen LogP contribution in [-0.4, -0.2) is 39.5 Å². The molecule has 2 fully saturated rings. The fourth-order valence-electron chi connectivity index (χ4n) is 4.47. The minimum atomic E-state index is -0.438. The normalized spacial score (nSPS) is 24.4. The van der Waals surface area contributed by atoms with Gasteiger partial charge in [0, 0.05) is 25.1 Å². The molecule has 1 aromatic carbocycles. The number of piperidine rings is 1. The number of alkyl halides is 2. The molecule has 0 aromatic heterocycles. The number of carbonyl (C=O) groups excluding carboxylic acids is 1. The summed E-state index contributed by atoms with van der Waals surface area (Å²) in [6, 6.07) is 10.3. The fourth-order valence-corrected chi connectivity index (χ4v) is 6.51. The summed E-state index contributed by atoms with van der Waals surface area (Å²) in [5.41, 5.74) is 1.04. The zero-order valence-electron chi connectivity index (χ0n) is 17.8.